The van der Waals surface area contributed by atoms with Gasteiger partial charge in [0, 0.05) is 30.0 Å². The highest BCUT2D eigenvalue weighted by Crippen LogP contribution is 2.34. The molecule has 1 saturated heterocycles. The van der Waals surface area contributed by atoms with Crippen LogP contribution in [0.1, 0.15) is 11.9 Å². The van der Waals surface area contributed by atoms with Gasteiger partial charge in [-0.1, -0.05) is 11.6 Å². The molecular weight excluding hydrogens is 504 g/mol. The highest BCUT2D eigenvalue weighted by Gasteiger charge is 2.47. The van der Waals surface area contributed by atoms with Crippen molar-refractivity contribution in [2.24, 2.45) is 0 Å². The number of carbonyl (C=O) groups is 1. The Morgan fingerprint density at radius 1 is 1.22 bits per heavy atom. The van der Waals surface area contributed by atoms with Crippen LogP contribution in [0.15, 0.2) is 43.1 Å². The minimum Gasteiger partial charge on any atom is -0.495 e. The van der Waals surface area contributed by atoms with Gasteiger partial charge in [-0.25, -0.2) is 15.0 Å². The molecule has 192 valence electrons. The van der Waals surface area contributed by atoms with Gasteiger partial charge in [-0.05, 0) is 18.2 Å². The fourth-order valence-electron chi connectivity index (χ4n) is 3.98. The number of likely N-dealkylation sites (N-methyl/N-ethyl adjacent to an activating group) is 1. The van der Waals surface area contributed by atoms with E-state index in [0.717, 1.165) is 0 Å². The topological polar surface area (TPSA) is 169 Å². The first kappa shape index (κ1) is 24.8. The fourth-order valence-corrected chi connectivity index (χ4v) is 4.16. The molecule has 0 unspecified atom stereocenters. The monoisotopic (exact) mass is 526 g/mol. The Morgan fingerprint density at radius 2 is 2.05 bits per heavy atom. The van der Waals surface area contributed by atoms with Crippen LogP contribution >= 0.6 is 11.6 Å². The Kier molecular flexibility index (Phi) is 6.84. The summed E-state index contributed by atoms with van der Waals surface area (Å²) in [4.78, 5) is 34.3. The maximum Gasteiger partial charge on any atom is 0.251 e. The fraction of sp³-hybridized carbons (Fsp3) is 0.304. The molecule has 1 aliphatic rings. The standard InChI is InChI=1S/C23H23ClN8O5/c1-25-22(35)18-16(33)17(34)23(37-18)32-10-29-15-20(28-8-13-6-12(24)3-4-27-13)30-19(31-21(15)32)11-5-14(36-2)9-26-7-11/h3-7,9-10,16-18,23,33-34H,8H2,1-2H3,(H,25,35)(H,28,30,31)/t16-,17+,18-,23+/m0/s1. The molecule has 0 spiro atoms. The first-order chi connectivity index (χ1) is 17.9. The summed E-state index contributed by atoms with van der Waals surface area (Å²) in [7, 11) is 2.94. The zero-order valence-electron chi connectivity index (χ0n) is 19.7. The minimum atomic E-state index is -1.45. The van der Waals surface area contributed by atoms with Crippen LogP contribution in [-0.4, -0.2) is 78.1 Å². The van der Waals surface area contributed by atoms with Crippen LogP contribution in [-0.2, 0) is 16.1 Å². The first-order valence-electron chi connectivity index (χ1n) is 11.2. The lowest BCUT2D eigenvalue weighted by Crippen LogP contribution is -2.41. The number of carbonyl (C=O) groups excluding carboxylic acids is 1. The molecule has 0 bridgehead atoms. The molecule has 4 aromatic rings. The quantitative estimate of drug-likeness (QED) is 0.270. The van der Waals surface area contributed by atoms with E-state index in [1.54, 1.807) is 36.8 Å². The number of hydrogen-bond donors (Lipinski definition) is 4. The summed E-state index contributed by atoms with van der Waals surface area (Å²) in [5.41, 5.74) is 1.90. The van der Waals surface area contributed by atoms with E-state index in [0.29, 0.717) is 39.0 Å². The second kappa shape index (κ2) is 10.2. The number of nitrogens with zero attached hydrogens (tertiary/aromatic N) is 6. The second-order valence-electron chi connectivity index (χ2n) is 8.19. The van der Waals surface area contributed by atoms with Gasteiger partial charge in [0.25, 0.3) is 5.91 Å². The van der Waals surface area contributed by atoms with Crippen LogP contribution < -0.4 is 15.4 Å². The molecule has 37 heavy (non-hydrogen) atoms. The number of pyridine rings is 2. The molecule has 5 rings (SSSR count). The summed E-state index contributed by atoms with van der Waals surface area (Å²) in [6, 6.07) is 5.13. The van der Waals surface area contributed by atoms with Gasteiger partial charge in [-0.3, -0.25) is 19.3 Å². The van der Waals surface area contributed by atoms with E-state index in [1.165, 1.54) is 25.1 Å². The molecule has 4 aromatic heterocycles. The van der Waals surface area contributed by atoms with Crippen LogP contribution in [0.3, 0.4) is 0 Å². The molecule has 0 aliphatic carbocycles. The number of halogens is 1. The van der Waals surface area contributed by atoms with Gasteiger partial charge < -0.3 is 30.3 Å². The number of aliphatic hydroxyl groups is 2. The van der Waals surface area contributed by atoms with Crippen molar-refractivity contribution in [1.29, 1.82) is 0 Å². The lowest BCUT2D eigenvalue weighted by Gasteiger charge is -2.17. The van der Waals surface area contributed by atoms with Crippen molar-refractivity contribution in [2.45, 2.75) is 31.1 Å². The van der Waals surface area contributed by atoms with Gasteiger partial charge in [0.05, 0.1) is 31.9 Å². The molecule has 14 heteroatoms. The molecule has 1 amide bonds. The summed E-state index contributed by atoms with van der Waals surface area (Å²) < 4.78 is 12.5. The minimum absolute atomic E-state index is 0.287. The van der Waals surface area contributed by atoms with Gasteiger partial charge in [0.1, 0.15) is 18.0 Å². The van der Waals surface area contributed by atoms with E-state index < -0.39 is 30.4 Å². The molecule has 0 aromatic carbocycles. The number of aromatic nitrogens is 6. The molecule has 4 atom stereocenters. The molecule has 1 fully saturated rings. The number of amides is 1. The van der Waals surface area contributed by atoms with E-state index >= 15 is 0 Å². The number of aliphatic hydroxyl groups excluding tert-OH is 2. The van der Waals surface area contributed by atoms with Crippen molar-refractivity contribution in [3.63, 3.8) is 0 Å². The van der Waals surface area contributed by atoms with Crippen molar-refractivity contribution in [2.75, 3.05) is 19.5 Å². The van der Waals surface area contributed by atoms with Gasteiger partial charge >= 0.3 is 0 Å². The molecular formula is C23H23ClN8O5. The zero-order chi connectivity index (χ0) is 26.1. The largest absolute Gasteiger partial charge is 0.495 e. The lowest BCUT2D eigenvalue weighted by atomic mass is 10.1. The molecule has 13 nitrogen and oxygen atoms in total. The highest BCUT2D eigenvalue weighted by molar-refractivity contribution is 6.30. The molecule has 5 heterocycles. The third-order valence-electron chi connectivity index (χ3n) is 5.86. The number of rotatable bonds is 7. The molecule has 0 saturated carbocycles. The zero-order valence-corrected chi connectivity index (χ0v) is 20.5. The van der Waals surface area contributed by atoms with Gasteiger partial charge in [-0.15, -0.1) is 0 Å². The molecule has 4 N–H and O–H groups in total. The lowest BCUT2D eigenvalue weighted by molar-refractivity contribution is -0.137. The van der Waals surface area contributed by atoms with E-state index in [4.69, 9.17) is 21.1 Å². The smallest absolute Gasteiger partial charge is 0.251 e. The normalized spacial score (nSPS) is 21.2. The maximum absolute atomic E-state index is 12.1. The number of anilines is 1. The van der Waals surface area contributed by atoms with E-state index in [2.05, 4.69) is 35.6 Å². The summed E-state index contributed by atoms with van der Waals surface area (Å²) in [6.07, 6.45) is 0.889. The summed E-state index contributed by atoms with van der Waals surface area (Å²) in [6.45, 7) is 0.287. The van der Waals surface area contributed by atoms with E-state index in [1.807, 2.05) is 0 Å². The summed E-state index contributed by atoms with van der Waals surface area (Å²) >= 11 is 6.09. The summed E-state index contributed by atoms with van der Waals surface area (Å²) in [5.74, 6) is 0.614. The van der Waals surface area contributed by atoms with Crippen molar-refractivity contribution in [3.05, 3.63) is 53.8 Å². The third kappa shape index (κ3) is 4.76. The van der Waals surface area contributed by atoms with Crippen molar-refractivity contribution in [1.82, 2.24) is 34.8 Å². The number of methoxy groups -OCH3 is 1. The van der Waals surface area contributed by atoms with Gasteiger partial charge in [-0.2, -0.15) is 0 Å². The van der Waals surface area contributed by atoms with Gasteiger partial charge in [0.15, 0.2) is 35.1 Å². The van der Waals surface area contributed by atoms with Crippen LogP contribution in [0.2, 0.25) is 5.02 Å². The Hall–Kier alpha value is -3.91. The number of imidazole rings is 1. The number of nitrogens with one attached hydrogen (secondary N) is 2. The van der Waals surface area contributed by atoms with E-state index in [-0.39, 0.29) is 12.4 Å². The predicted octanol–water partition coefficient (Wildman–Crippen LogP) is 0.923. The Labute approximate surface area is 215 Å². The number of hydrogen-bond acceptors (Lipinski definition) is 11. The summed E-state index contributed by atoms with van der Waals surface area (Å²) in [5, 5.41) is 27.3. The van der Waals surface area contributed by atoms with Crippen LogP contribution in [0.4, 0.5) is 5.82 Å². The second-order valence-corrected chi connectivity index (χ2v) is 8.63. The van der Waals surface area contributed by atoms with Crippen molar-refractivity contribution < 1.29 is 24.5 Å². The predicted molar refractivity (Wildman–Crippen MR) is 132 cm³/mol. The highest BCUT2D eigenvalue weighted by atomic mass is 35.5. The number of ether oxygens (including phenoxy) is 2. The molecule has 0 radical (unpaired) electrons. The van der Waals surface area contributed by atoms with Crippen LogP contribution in [0.25, 0.3) is 22.6 Å². The average molecular weight is 527 g/mol. The van der Waals surface area contributed by atoms with E-state index in [9.17, 15) is 15.0 Å². The average Bonchev–Trinajstić information content (AvgIpc) is 3.47. The Bertz CT molecular complexity index is 1450. The Morgan fingerprint density at radius 3 is 2.81 bits per heavy atom. The van der Waals surface area contributed by atoms with Crippen LogP contribution in [0.5, 0.6) is 5.75 Å². The number of fused-ring (bicyclic) bond motifs is 1. The SMILES string of the molecule is CNC(=O)[C@H]1O[C@@H](n2cnc3c(NCc4cc(Cl)ccn4)nc(-c4cncc(OC)c4)nc32)[C@H](O)[C@@H]1O. The van der Waals surface area contributed by atoms with Crippen molar-refractivity contribution in [3.8, 4) is 17.1 Å². The first-order valence-corrected chi connectivity index (χ1v) is 11.6. The van der Waals surface area contributed by atoms with Crippen LogP contribution in [0, 0.1) is 0 Å². The Balaban J connectivity index is 1.59. The maximum atomic E-state index is 12.1. The molecule has 1 aliphatic heterocycles. The van der Waals surface area contributed by atoms with Crippen molar-refractivity contribution >= 4 is 34.5 Å². The third-order valence-corrected chi connectivity index (χ3v) is 6.10. The van der Waals surface area contributed by atoms with Gasteiger partial charge in [0.2, 0.25) is 0 Å².